The van der Waals surface area contributed by atoms with Gasteiger partial charge in [-0.05, 0) is 25.7 Å². The molecule has 2 saturated heterocycles. The van der Waals surface area contributed by atoms with Crippen molar-refractivity contribution in [2.24, 2.45) is 5.92 Å². The lowest BCUT2D eigenvalue weighted by atomic mass is 9.85. The normalized spacial score (nSPS) is 29.9. The Morgan fingerprint density at radius 3 is 3.11 bits per heavy atom. The second kappa shape index (κ2) is 4.84. The number of carbonyl (C=O) groups is 1. The number of fused-ring (bicyclic) bond motifs is 2. The fourth-order valence-corrected chi connectivity index (χ4v) is 3.22. The van der Waals surface area contributed by atoms with E-state index in [1.54, 1.807) is 6.20 Å². The van der Waals surface area contributed by atoms with Crippen LogP contribution in [-0.2, 0) is 22.5 Å². The van der Waals surface area contributed by atoms with Crippen molar-refractivity contribution < 1.29 is 9.53 Å². The number of ketones is 1. The smallest absolute Gasteiger partial charge is 0.146 e. The largest absolute Gasteiger partial charge is 0.374 e. The van der Waals surface area contributed by atoms with Gasteiger partial charge in [-0.15, -0.1) is 0 Å². The maximum absolute atomic E-state index is 12.3. The van der Waals surface area contributed by atoms with E-state index < -0.39 is 0 Å². The zero-order valence-corrected chi connectivity index (χ0v) is 10.8. The monoisotopic (exact) mass is 248 g/mol. The summed E-state index contributed by atoms with van der Waals surface area (Å²) in [7, 11) is 0. The van der Waals surface area contributed by atoms with Crippen molar-refractivity contribution in [1.82, 2.24) is 9.55 Å². The first-order valence-corrected chi connectivity index (χ1v) is 6.96. The Balaban J connectivity index is 1.65. The predicted molar refractivity (Wildman–Crippen MR) is 67.2 cm³/mol. The highest BCUT2D eigenvalue weighted by molar-refractivity contribution is 5.83. The number of hydrogen-bond donors (Lipinski definition) is 0. The third kappa shape index (κ3) is 2.09. The van der Waals surface area contributed by atoms with E-state index in [4.69, 9.17) is 4.74 Å². The minimum absolute atomic E-state index is 0.121. The molecule has 0 spiro atoms. The summed E-state index contributed by atoms with van der Waals surface area (Å²) in [5, 5.41) is 0. The van der Waals surface area contributed by atoms with E-state index in [0.29, 0.717) is 18.3 Å². The Morgan fingerprint density at radius 2 is 2.44 bits per heavy atom. The molecule has 4 nitrogen and oxygen atoms in total. The van der Waals surface area contributed by atoms with Crippen LogP contribution in [-0.4, -0.2) is 27.5 Å². The Kier molecular flexibility index (Phi) is 3.20. The number of hydrogen-bond acceptors (Lipinski definition) is 3. The molecule has 3 heterocycles. The summed E-state index contributed by atoms with van der Waals surface area (Å²) in [5.74, 6) is 1.34. The highest BCUT2D eigenvalue weighted by Crippen LogP contribution is 2.39. The van der Waals surface area contributed by atoms with Gasteiger partial charge in [0.15, 0.2) is 0 Å². The highest BCUT2D eigenvalue weighted by atomic mass is 16.5. The molecule has 18 heavy (non-hydrogen) atoms. The number of carbonyl (C=O) groups excluding carboxylic acids is 1. The molecule has 98 valence electrons. The molecule has 0 saturated carbocycles. The van der Waals surface area contributed by atoms with Crippen LogP contribution in [0, 0.1) is 5.92 Å². The minimum atomic E-state index is 0.121. The molecule has 0 radical (unpaired) electrons. The standard InChI is InChI=1S/C14H20N2O2/c1-2-6-16-7-5-15-14(16)9-12(17)11-8-10-3-4-13(11)18-10/h5,7,10-11,13H,2-4,6,8-9H2,1H3. The van der Waals surface area contributed by atoms with Gasteiger partial charge in [-0.3, -0.25) is 4.79 Å². The van der Waals surface area contributed by atoms with Crippen LogP contribution in [0.15, 0.2) is 12.4 Å². The van der Waals surface area contributed by atoms with Gasteiger partial charge in [0.05, 0.1) is 18.6 Å². The summed E-state index contributed by atoms with van der Waals surface area (Å²) in [5.41, 5.74) is 0. The van der Waals surface area contributed by atoms with Crippen molar-refractivity contribution in [3.8, 4) is 0 Å². The van der Waals surface area contributed by atoms with Gasteiger partial charge in [-0.25, -0.2) is 4.98 Å². The summed E-state index contributed by atoms with van der Waals surface area (Å²) in [6.45, 7) is 3.07. The first kappa shape index (κ1) is 11.9. The van der Waals surface area contributed by atoms with Gasteiger partial charge in [-0.1, -0.05) is 6.92 Å². The molecule has 0 aliphatic carbocycles. The van der Waals surface area contributed by atoms with Crippen LogP contribution in [0.5, 0.6) is 0 Å². The van der Waals surface area contributed by atoms with Crippen molar-refractivity contribution in [2.45, 2.75) is 57.8 Å². The SMILES string of the molecule is CCCn1ccnc1CC(=O)C1CC2CCC1O2. The Bertz CT molecular complexity index is 441. The van der Waals surface area contributed by atoms with E-state index in [1.807, 2.05) is 6.20 Å². The van der Waals surface area contributed by atoms with Crippen LogP contribution in [0.1, 0.15) is 38.4 Å². The van der Waals surface area contributed by atoms with Crippen molar-refractivity contribution in [3.63, 3.8) is 0 Å². The summed E-state index contributed by atoms with van der Waals surface area (Å²) in [6.07, 6.45) is 8.94. The third-order valence-electron chi connectivity index (χ3n) is 4.12. The van der Waals surface area contributed by atoms with E-state index >= 15 is 0 Å². The van der Waals surface area contributed by atoms with Gasteiger partial charge in [0.1, 0.15) is 11.6 Å². The maximum atomic E-state index is 12.3. The Labute approximate surface area is 107 Å². The highest BCUT2D eigenvalue weighted by Gasteiger charge is 2.44. The second-order valence-electron chi connectivity index (χ2n) is 5.40. The second-order valence-corrected chi connectivity index (χ2v) is 5.40. The van der Waals surface area contributed by atoms with Crippen LogP contribution in [0.4, 0.5) is 0 Å². The van der Waals surface area contributed by atoms with Crippen LogP contribution < -0.4 is 0 Å². The molecule has 3 rings (SSSR count). The third-order valence-corrected chi connectivity index (χ3v) is 4.12. The molecule has 2 aliphatic rings. The van der Waals surface area contributed by atoms with E-state index in [2.05, 4.69) is 16.5 Å². The summed E-state index contributed by atoms with van der Waals surface area (Å²) in [4.78, 5) is 16.6. The number of aryl methyl sites for hydroxylation is 1. The van der Waals surface area contributed by atoms with Crippen LogP contribution in [0.25, 0.3) is 0 Å². The molecule has 2 aliphatic heterocycles. The zero-order chi connectivity index (χ0) is 12.5. The van der Waals surface area contributed by atoms with E-state index in [9.17, 15) is 4.79 Å². The Hall–Kier alpha value is -1.16. The van der Waals surface area contributed by atoms with E-state index in [0.717, 1.165) is 38.1 Å². The molecule has 1 aromatic heterocycles. The average molecular weight is 248 g/mol. The van der Waals surface area contributed by atoms with Gasteiger partial charge in [0.25, 0.3) is 0 Å². The lowest BCUT2D eigenvalue weighted by Gasteiger charge is -2.17. The summed E-state index contributed by atoms with van der Waals surface area (Å²) in [6, 6.07) is 0. The summed E-state index contributed by atoms with van der Waals surface area (Å²) >= 11 is 0. The van der Waals surface area contributed by atoms with Crippen molar-refractivity contribution in [3.05, 3.63) is 18.2 Å². The number of imidazole rings is 1. The van der Waals surface area contributed by atoms with Gasteiger partial charge in [0.2, 0.25) is 0 Å². The van der Waals surface area contributed by atoms with Gasteiger partial charge < -0.3 is 9.30 Å². The Morgan fingerprint density at radius 1 is 1.56 bits per heavy atom. The first-order valence-electron chi connectivity index (χ1n) is 6.96. The molecule has 0 amide bonds. The van der Waals surface area contributed by atoms with Crippen molar-refractivity contribution in [2.75, 3.05) is 0 Å². The molecule has 3 atom stereocenters. The molecule has 2 fully saturated rings. The van der Waals surface area contributed by atoms with Gasteiger partial charge in [-0.2, -0.15) is 0 Å². The lowest BCUT2D eigenvalue weighted by molar-refractivity contribution is -0.123. The molecular weight excluding hydrogens is 228 g/mol. The fraction of sp³-hybridized carbons (Fsp3) is 0.714. The fourth-order valence-electron chi connectivity index (χ4n) is 3.22. The molecule has 4 heteroatoms. The molecule has 0 N–H and O–H groups in total. The van der Waals surface area contributed by atoms with Crippen LogP contribution >= 0.6 is 0 Å². The molecular formula is C14H20N2O2. The van der Waals surface area contributed by atoms with Crippen LogP contribution in [0.2, 0.25) is 0 Å². The molecule has 1 aromatic rings. The molecule has 0 aromatic carbocycles. The average Bonchev–Trinajstić information content (AvgIpc) is 3.06. The van der Waals surface area contributed by atoms with E-state index in [1.165, 1.54) is 0 Å². The predicted octanol–water partition coefficient (Wildman–Crippen LogP) is 1.97. The maximum Gasteiger partial charge on any atom is 0.146 e. The van der Waals surface area contributed by atoms with Gasteiger partial charge >= 0.3 is 0 Å². The van der Waals surface area contributed by atoms with Crippen molar-refractivity contribution in [1.29, 1.82) is 0 Å². The minimum Gasteiger partial charge on any atom is -0.374 e. The summed E-state index contributed by atoms with van der Waals surface area (Å²) < 4.78 is 7.84. The number of Topliss-reactive ketones (excluding diaryl/α,β-unsaturated/α-hetero) is 1. The zero-order valence-electron chi connectivity index (χ0n) is 10.8. The molecule has 2 bridgehead atoms. The number of rotatable bonds is 5. The topological polar surface area (TPSA) is 44.1 Å². The van der Waals surface area contributed by atoms with E-state index in [-0.39, 0.29) is 12.0 Å². The number of aromatic nitrogens is 2. The van der Waals surface area contributed by atoms with Gasteiger partial charge in [0, 0.05) is 24.9 Å². The first-order chi connectivity index (χ1) is 8.78. The quantitative estimate of drug-likeness (QED) is 0.800. The molecule has 3 unspecified atom stereocenters. The van der Waals surface area contributed by atoms with Crippen molar-refractivity contribution >= 4 is 5.78 Å². The number of nitrogens with zero attached hydrogens (tertiary/aromatic N) is 2. The lowest BCUT2D eigenvalue weighted by Crippen LogP contribution is -2.27. The number of ether oxygens (including phenoxy) is 1. The van der Waals surface area contributed by atoms with Crippen LogP contribution in [0.3, 0.4) is 0 Å².